The van der Waals surface area contributed by atoms with Crippen LogP contribution in [0.15, 0.2) is 24.3 Å². The van der Waals surface area contributed by atoms with Crippen molar-refractivity contribution in [1.82, 2.24) is 0 Å². The molecule has 1 nitrogen and oxygen atoms in total. The van der Waals surface area contributed by atoms with E-state index in [0.717, 1.165) is 5.56 Å². The maximum atomic E-state index is 10.9. The third kappa shape index (κ3) is 3.46. The molecule has 0 amide bonds. The number of hydrogen-bond acceptors (Lipinski definition) is 1. The average molecular weight is 288 g/mol. The molecule has 0 N–H and O–H groups in total. The quantitative estimate of drug-likeness (QED) is 0.616. The summed E-state index contributed by atoms with van der Waals surface area (Å²) in [5.74, 6) is 0.532. The van der Waals surface area contributed by atoms with Gasteiger partial charge >= 0.3 is 0 Å². The van der Waals surface area contributed by atoms with Gasteiger partial charge in [-0.2, -0.15) is 0 Å². The van der Waals surface area contributed by atoms with E-state index in [1.165, 1.54) is 5.56 Å². The van der Waals surface area contributed by atoms with Crippen molar-refractivity contribution in [1.29, 1.82) is 0 Å². The summed E-state index contributed by atoms with van der Waals surface area (Å²) >= 11 is 1.84. The topological polar surface area (TPSA) is 17.1 Å². The number of hydrogen-bond donors (Lipinski definition) is 0. The highest BCUT2D eigenvalue weighted by molar-refractivity contribution is 14.1. The normalized spacial score (nSPS) is 10.5. The molecule has 0 bridgehead atoms. The highest BCUT2D eigenvalue weighted by Gasteiger charge is 2.02. The predicted molar refractivity (Wildman–Crippen MR) is 63.3 cm³/mol. The lowest BCUT2D eigenvalue weighted by Crippen LogP contribution is -1.95. The fourth-order valence-corrected chi connectivity index (χ4v) is 1.66. The Bertz CT molecular complexity index is 305. The van der Waals surface area contributed by atoms with E-state index >= 15 is 0 Å². The Morgan fingerprint density at radius 3 is 2.69 bits per heavy atom. The van der Waals surface area contributed by atoms with Gasteiger partial charge in [-0.1, -0.05) is 38.1 Å². The second-order valence-corrected chi connectivity index (χ2v) is 4.63. The fraction of sp³-hybridized carbons (Fsp3) is 0.364. The van der Waals surface area contributed by atoms with Crippen LogP contribution in [0.5, 0.6) is 0 Å². The molecule has 1 rings (SSSR count). The lowest BCUT2D eigenvalue weighted by Gasteiger charge is -2.06. The first-order chi connectivity index (χ1) is 6.09. The number of halogens is 1. The second-order valence-electron chi connectivity index (χ2n) is 3.43. The minimum absolute atomic E-state index is 0.193. The molecule has 0 heterocycles. The van der Waals surface area contributed by atoms with E-state index in [1.807, 2.05) is 34.7 Å². The van der Waals surface area contributed by atoms with Crippen LogP contribution in [0.4, 0.5) is 0 Å². The summed E-state index contributed by atoms with van der Waals surface area (Å²) in [4.78, 5) is 10.9. The van der Waals surface area contributed by atoms with Gasteiger partial charge in [0.25, 0.3) is 0 Å². The largest absolute Gasteiger partial charge is 0.287 e. The van der Waals surface area contributed by atoms with Gasteiger partial charge < -0.3 is 0 Å². The summed E-state index contributed by atoms with van der Waals surface area (Å²) in [7, 11) is 0. The third-order valence-corrected chi connectivity index (χ3v) is 2.34. The molecule has 0 aromatic heterocycles. The monoisotopic (exact) mass is 288 g/mol. The maximum Gasteiger partial charge on any atom is 0.196 e. The second kappa shape index (κ2) is 4.74. The Balaban J connectivity index is 2.85. The molecular formula is C11H13IO. The van der Waals surface area contributed by atoms with Crippen LogP contribution in [0.2, 0.25) is 0 Å². The molecule has 70 valence electrons. The first kappa shape index (κ1) is 10.7. The Kier molecular flexibility index (Phi) is 3.90. The van der Waals surface area contributed by atoms with Crippen LogP contribution in [-0.2, 0) is 11.2 Å². The highest BCUT2D eigenvalue weighted by atomic mass is 127. The molecule has 2 heteroatoms. The molecule has 0 radical (unpaired) electrons. The predicted octanol–water partition coefficient (Wildman–Crippen LogP) is 3.31. The van der Waals surface area contributed by atoms with Crippen LogP contribution in [-0.4, -0.2) is 3.79 Å². The number of carbonyl (C=O) groups is 1. The summed E-state index contributed by atoms with van der Waals surface area (Å²) in [6.45, 7) is 4.32. The van der Waals surface area contributed by atoms with Gasteiger partial charge in [-0.15, -0.1) is 0 Å². The fourth-order valence-electron chi connectivity index (χ4n) is 1.22. The number of rotatable bonds is 3. The summed E-state index contributed by atoms with van der Waals surface area (Å²) in [6, 6.07) is 8.24. The van der Waals surface area contributed by atoms with Crippen LogP contribution in [0, 0.1) is 0 Å². The van der Waals surface area contributed by atoms with Crippen molar-refractivity contribution < 1.29 is 4.79 Å². The van der Waals surface area contributed by atoms with Gasteiger partial charge in [0.2, 0.25) is 0 Å². The molecule has 0 atom stereocenters. The van der Waals surface area contributed by atoms with E-state index in [0.29, 0.717) is 12.3 Å². The van der Waals surface area contributed by atoms with Crippen molar-refractivity contribution in [2.75, 3.05) is 0 Å². The van der Waals surface area contributed by atoms with Gasteiger partial charge in [0.05, 0.1) is 0 Å². The molecule has 0 saturated heterocycles. The minimum Gasteiger partial charge on any atom is -0.287 e. The Labute approximate surface area is 92.7 Å². The molecule has 0 aliphatic heterocycles. The van der Waals surface area contributed by atoms with Crippen LogP contribution in [0.1, 0.15) is 30.9 Å². The van der Waals surface area contributed by atoms with Gasteiger partial charge in [-0.05, 0) is 39.6 Å². The van der Waals surface area contributed by atoms with Crippen LogP contribution in [0.25, 0.3) is 0 Å². The van der Waals surface area contributed by atoms with Crippen molar-refractivity contribution in [2.24, 2.45) is 0 Å². The Morgan fingerprint density at radius 2 is 2.15 bits per heavy atom. The zero-order valence-electron chi connectivity index (χ0n) is 7.88. The van der Waals surface area contributed by atoms with Gasteiger partial charge in [-0.3, -0.25) is 4.79 Å². The molecular weight excluding hydrogens is 275 g/mol. The van der Waals surface area contributed by atoms with Crippen molar-refractivity contribution in [3.8, 4) is 0 Å². The van der Waals surface area contributed by atoms with Crippen molar-refractivity contribution >= 4 is 26.4 Å². The molecule has 0 aliphatic carbocycles. The third-order valence-electron chi connectivity index (χ3n) is 1.96. The Morgan fingerprint density at radius 1 is 1.46 bits per heavy atom. The highest BCUT2D eigenvalue weighted by Crippen LogP contribution is 2.16. The standard InChI is InChI=1S/C11H13IO/c1-8(2)10-5-3-4-9(6-10)7-11(12)13/h3-6,8H,7H2,1-2H3. The van der Waals surface area contributed by atoms with Crippen LogP contribution >= 0.6 is 22.6 Å². The first-order valence-corrected chi connectivity index (χ1v) is 5.44. The van der Waals surface area contributed by atoms with Crippen LogP contribution in [0.3, 0.4) is 0 Å². The van der Waals surface area contributed by atoms with E-state index in [1.54, 1.807) is 0 Å². The van der Waals surface area contributed by atoms with E-state index < -0.39 is 0 Å². The molecule has 13 heavy (non-hydrogen) atoms. The van der Waals surface area contributed by atoms with Crippen molar-refractivity contribution in [3.05, 3.63) is 35.4 Å². The van der Waals surface area contributed by atoms with Gasteiger partial charge in [0, 0.05) is 6.42 Å². The number of carbonyl (C=O) groups excluding carboxylic acids is 1. The van der Waals surface area contributed by atoms with Crippen molar-refractivity contribution in [3.63, 3.8) is 0 Å². The molecule has 1 aromatic carbocycles. The van der Waals surface area contributed by atoms with Crippen LogP contribution < -0.4 is 0 Å². The minimum atomic E-state index is 0.193. The molecule has 0 fully saturated rings. The summed E-state index contributed by atoms with van der Waals surface area (Å²) in [5, 5.41) is 0. The lowest BCUT2D eigenvalue weighted by atomic mass is 10.0. The molecule has 0 unspecified atom stereocenters. The summed E-state index contributed by atoms with van der Waals surface area (Å²) in [5.41, 5.74) is 2.42. The first-order valence-electron chi connectivity index (χ1n) is 4.36. The maximum absolute atomic E-state index is 10.9. The SMILES string of the molecule is CC(C)c1cccc(CC(=O)I)c1. The Hall–Kier alpha value is -0.380. The molecule has 0 spiro atoms. The zero-order chi connectivity index (χ0) is 9.84. The van der Waals surface area contributed by atoms with Gasteiger partial charge in [0.1, 0.15) is 0 Å². The van der Waals surface area contributed by atoms with E-state index in [9.17, 15) is 4.79 Å². The lowest BCUT2D eigenvalue weighted by molar-refractivity contribution is -0.108. The summed E-state index contributed by atoms with van der Waals surface area (Å²) < 4.78 is 0.193. The van der Waals surface area contributed by atoms with E-state index in [4.69, 9.17) is 0 Å². The smallest absolute Gasteiger partial charge is 0.196 e. The van der Waals surface area contributed by atoms with E-state index in [2.05, 4.69) is 26.0 Å². The number of benzene rings is 1. The van der Waals surface area contributed by atoms with Gasteiger partial charge in [-0.25, -0.2) is 0 Å². The average Bonchev–Trinajstić information content (AvgIpc) is 2.03. The van der Waals surface area contributed by atoms with E-state index in [-0.39, 0.29) is 3.79 Å². The van der Waals surface area contributed by atoms with Gasteiger partial charge in [0.15, 0.2) is 3.79 Å². The zero-order valence-corrected chi connectivity index (χ0v) is 10.0. The molecule has 0 aliphatic rings. The van der Waals surface area contributed by atoms with Crippen molar-refractivity contribution in [2.45, 2.75) is 26.2 Å². The molecule has 0 saturated carbocycles. The molecule has 1 aromatic rings. The summed E-state index contributed by atoms with van der Waals surface area (Å²) in [6.07, 6.45) is 0.543.